The van der Waals surface area contributed by atoms with Crippen molar-refractivity contribution >= 4 is 11.6 Å². The van der Waals surface area contributed by atoms with E-state index in [-0.39, 0.29) is 11.7 Å². The number of carbonyl (C=O) groups is 1. The Labute approximate surface area is 147 Å². The molecule has 2 aromatic rings. The van der Waals surface area contributed by atoms with Crippen LogP contribution in [0.2, 0.25) is 0 Å². The minimum Gasteiger partial charge on any atom is -0.322 e. The highest BCUT2D eigenvalue weighted by molar-refractivity contribution is 5.92. The fraction of sp³-hybridized carbons (Fsp3) is 0.474. The van der Waals surface area contributed by atoms with Crippen molar-refractivity contribution in [2.45, 2.75) is 45.2 Å². The number of halogens is 1. The quantitative estimate of drug-likeness (QED) is 0.875. The number of benzene rings is 1. The SMILES string of the molecule is CCC1CCCCN1CC(=O)Nc1cnn(Cc2ccc(F)cc2)c1. The molecule has 0 bridgehead atoms. The van der Waals surface area contributed by atoms with Crippen LogP contribution in [0.25, 0.3) is 0 Å². The van der Waals surface area contributed by atoms with Gasteiger partial charge < -0.3 is 5.32 Å². The van der Waals surface area contributed by atoms with Gasteiger partial charge in [-0.25, -0.2) is 4.39 Å². The average molecular weight is 344 g/mol. The Morgan fingerprint density at radius 3 is 2.88 bits per heavy atom. The van der Waals surface area contributed by atoms with Crippen molar-refractivity contribution in [1.29, 1.82) is 0 Å². The molecule has 6 heteroatoms. The van der Waals surface area contributed by atoms with Gasteiger partial charge in [-0.2, -0.15) is 5.10 Å². The lowest BCUT2D eigenvalue weighted by molar-refractivity contribution is -0.118. The van der Waals surface area contributed by atoms with E-state index in [9.17, 15) is 9.18 Å². The third kappa shape index (κ3) is 4.89. The molecule has 5 nitrogen and oxygen atoms in total. The van der Waals surface area contributed by atoms with E-state index in [1.165, 1.54) is 31.4 Å². The number of nitrogens with zero attached hydrogens (tertiary/aromatic N) is 3. The average Bonchev–Trinajstić information content (AvgIpc) is 3.04. The zero-order chi connectivity index (χ0) is 17.6. The lowest BCUT2D eigenvalue weighted by Gasteiger charge is -2.34. The van der Waals surface area contributed by atoms with Crippen LogP contribution in [0, 0.1) is 5.82 Å². The van der Waals surface area contributed by atoms with Gasteiger partial charge in [0.2, 0.25) is 5.91 Å². The number of hydrogen-bond acceptors (Lipinski definition) is 3. The molecule has 0 saturated carbocycles. The number of nitrogens with one attached hydrogen (secondary N) is 1. The van der Waals surface area contributed by atoms with Gasteiger partial charge in [0.25, 0.3) is 0 Å². The van der Waals surface area contributed by atoms with Gasteiger partial charge in [0.15, 0.2) is 0 Å². The van der Waals surface area contributed by atoms with E-state index < -0.39 is 0 Å². The van der Waals surface area contributed by atoms with Crippen molar-refractivity contribution < 1.29 is 9.18 Å². The van der Waals surface area contributed by atoms with Gasteiger partial charge in [-0.05, 0) is 43.5 Å². The van der Waals surface area contributed by atoms with Crippen molar-refractivity contribution in [3.63, 3.8) is 0 Å². The van der Waals surface area contributed by atoms with Gasteiger partial charge in [0.1, 0.15) is 5.82 Å². The molecule has 1 fully saturated rings. The van der Waals surface area contributed by atoms with E-state index in [4.69, 9.17) is 0 Å². The predicted molar refractivity (Wildman–Crippen MR) is 95.9 cm³/mol. The molecule has 1 aliphatic heterocycles. The maximum atomic E-state index is 12.9. The molecule has 1 N–H and O–H groups in total. The van der Waals surface area contributed by atoms with E-state index in [0.29, 0.717) is 24.8 Å². The summed E-state index contributed by atoms with van der Waals surface area (Å²) in [5.74, 6) is -0.248. The lowest BCUT2D eigenvalue weighted by atomic mass is 10.0. The Kier molecular flexibility index (Phi) is 5.81. The molecule has 1 amide bonds. The number of aromatic nitrogens is 2. The first-order chi connectivity index (χ1) is 12.1. The van der Waals surface area contributed by atoms with Gasteiger partial charge >= 0.3 is 0 Å². The maximum absolute atomic E-state index is 12.9. The molecule has 1 aromatic carbocycles. The fourth-order valence-electron chi connectivity index (χ4n) is 3.41. The molecule has 25 heavy (non-hydrogen) atoms. The van der Waals surface area contributed by atoms with Crippen LogP contribution in [0.5, 0.6) is 0 Å². The first kappa shape index (κ1) is 17.6. The normalized spacial score (nSPS) is 18.2. The smallest absolute Gasteiger partial charge is 0.238 e. The van der Waals surface area contributed by atoms with Gasteiger partial charge in [-0.15, -0.1) is 0 Å². The Morgan fingerprint density at radius 2 is 2.12 bits per heavy atom. The summed E-state index contributed by atoms with van der Waals surface area (Å²) in [7, 11) is 0. The summed E-state index contributed by atoms with van der Waals surface area (Å²) in [5.41, 5.74) is 1.65. The molecule has 1 atom stereocenters. The summed E-state index contributed by atoms with van der Waals surface area (Å²) in [4.78, 5) is 14.6. The molecular weight excluding hydrogens is 319 g/mol. The Hall–Kier alpha value is -2.21. The lowest BCUT2D eigenvalue weighted by Crippen LogP contribution is -2.43. The van der Waals surface area contributed by atoms with Gasteiger partial charge in [-0.1, -0.05) is 25.5 Å². The summed E-state index contributed by atoms with van der Waals surface area (Å²) in [5, 5.41) is 7.18. The molecule has 1 saturated heterocycles. The van der Waals surface area contributed by atoms with Crippen molar-refractivity contribution in [3.8, 4) is 0 Å². The van der Waals surface area contributed by atoms with E-state index in [0.717, 1.165) is 18.5 Å². The van der Waals surface area contributed by atoms with Crippen LogP contribution in [-0.2, 0) is 11.3 Å². The summed E-state index contributed by atoms with van der Waals surface area (Å²) in [6.07, 6.45) is 8.14. The van der Waals surface area contributed by atoms with Crippen LogP contribution in [0.4, 0.5) is 10.1 Å². The Balaban J connectivity index is 1.53. The number of hydrogen-bond donors (Lipinski definition) is 1. The standard InChI is InChI=1S/C19H25FN4O/c1-2-18-5-3-4-10-23(18)14-19(25)22-17-11-21-24(13-17)12-15-6-8-16(20)9-7-15/h6-9,11,13,18H,2-5,10,12,14H2,1H3,(H,22,25). The van der Waals surface area contributed by atoms with Crippen molar-refractivity contribution in [3.05, 3.63) is 48.0 Å². The number of likely N-dealkylation sites (tertiary alicyclic amines) is 1. The highest BCUT2D eigenvalue weighted by Crippen LogP contribution is 2.19. The zero-order valence-electron chi connectivity index (χ0n) is 14.6. The second-order valence-electron chi connectivity index (χ2n) is 6.63. The van der Waals surface area contributed by atoms with Crippen molar-refractivity contribution in [2.24, 2.45) is 0 Å². The van der Waals surface area contributed by atoms with E-state index in [1.807, 2.05) is 0 Å². The monoisotopic (exact) mass is 344 g/mol. The third-order valence-corrected chi connectivity index (χ3v) is 4.74. The van der Waals surface area contributed by atoms with Crippen LogP contribution in [0.15, 0.2) is 36.7 Å². The summed E-state index contributed by atoms with van der Waals surface area (Å²) < 4.78 is 14.7. The number of piperidine rings is 1. The highest BCUT2D eigenvalue weighted by Gasteiger charge is 2.22. The summed E-state index contributed by atoms with van der Waals surface area (Å²) >= 11 is 0. The van der Waals surface area contributed by atoms with E-state index >= 15 is 0 Å². The first-order valence-corrected chi connectivity index (χ1v) is 8.95. The third-order valence-electron chi connectivity index (χ3n) is 4.74. The predicted octanol–water partition coefficient (Wildman–Crippen LogP) is 3.27. The topological polar surface area (TPSA) is 50.2 Å². The maximum Gasteiger partial charge on any atom is 0.238 e. The highest BCUT2D eigenvalue weighted by atomic mass is 19.1. The number of anilines is 1. The van der Waals surface area contributed by atoms with Crippen LogP contribution in [-0.4, -0.2) is 39.7 Å². The molecule has 2 heterocycles. The van der Waals surface area contributed by atoms with Gasteiger partial charge in [-0.3, -0.25) is 14.4 Å². The van der Waals surface area contributed by atoms with Crippen molar-refractivity contribution in [1.82, 2.24) is 14.7 Å². The van der Waals surface area contributed by atoms with Crippen LogP contribution >= 0.6 is 0 Å². The minimum atomic E-state index is -0.250. The van der Waals surface area contributed by atoms with Crippen LogP contribution in [0.3, 0.4) is 0 Å². The summed E-state index contributed by atoms with van der Waals surface area (Å²) in [6, 6.07) is 6.85. The zero-order valence-corrected chi connectivity index (χ0v) is 14.6. The Bertz CT molecular complexity index is 698. The minimum absolute atomic E-state index is 0.00156. The molecule has 0 aliphatic carbocycles. The second-order valence-corrected chi connectivity index (χ2v) is 6.63. The molecule has 134 valence electrons. The van der Waals surface area contributed by atoms with Crippen LogP contribution in [0.1, 0.15) is 38.2 Å². The molecule has 1 aliphatic rings. The van der Waals surface area contributed by atoms with Crippen LogP contribution < -0.4 is 5.32 Å². The van der Waals surface area contributed by atoms with Crippen molar-refractivity contribution in [2.75, 3.05) is 18.4 Å². The Morgan fingerprint density at radius 1 is 1.32 bits per heavy atom. The molecule has 1 aromatic heterocycles. The number of amides is 1. The number of rotatable bonds is 6. The largest absolute Gasteiger partial charge is 0.322 e. The van der Waals surface area contributed by atoms with E-state index in [2.05, 4.69) is 22.2 Å². The molecule has 3 rings (SSSR count). The fourth-order valence-corrected chi connectivity index (χ4v) is 3.41. The number of carbonyl (C=O) groups excluding carboxylic acids is 1. The first-order valence-electron chi connectivity index (χ1n) is 8.95. The second kappa shape index (κ2) is 8.25. The molecular formula is C19H25FN4O. The summed E-state index contributed by atoms with van der Waals surface area (Å²) in [6.45, 7) is 4.15. The molecule has 0 spiro atoms. The van der Waals surface area contributed by atoms with Gasteiger partial charge in [0.05, 0.1) is 25.0 Å². The molecule has 1 unspecified atom stereocenters. The molecule has 0 radical (unpaired) electrons. The van der Waals surface area contributed by atoms with E-state index in [1.54, 1.807) is 29.2 Å². The van der Waals surface area contributed by atoms with Gasteiger partial charge in [0, 0.05) is 12.2 Å².